The summed E-state index contributed by atoms with van der Waals surface area (Å²) < 4.78 is 0. The van der Waals surface area contributed by atoms with E-state index < -0.39 is 0 Å². The molecule has 2 nitrogen and oxygen atoms in total. The van der Waals surface area contributed by atoms with Gasteiger partial charge in [-0.05, 0) is 18.3 Å². The number of halogens is 1. The van der Waals surface area contributed by atoms with Gasteiger partial charge in [-0.1, -0.05) is 11.6 Å². The molecule has 0 saturated heterocycles. The number of nitriles is 1. The smallest absolute Gasteiger partial charge is 0.147 e. The number of hydrogen-bond donors (Lipinski definition) is 0. The molecule has 56 valence electrons. The predicted octanol–water partition coefficient (Wildman–Crippen LogP) is 1.42. The average Bonchev–Trinajstić information content (AvgIpc) is 1.97. The van der Waals surface area contributed by atoms with Crippen molar-refractivity contribution in [3.05, 3.63) is 22.5 Å². The van der Waals surface area contributed by atoms with Crippen LogP contribution in [0.2, 0.25) is 5.15 Å². The molecule has 0 saturated carbocycles. The Labute approximate surface area is 72.4 Å². The third-order valence-corrected chi connectivity index (χ3v) is 2.20. The van der Waals surface area contributed by atoms with E-state index in [1.165, 1.54) is 0 Å². The van der Waals surface area contributed by atoms with Crippen molar-refractivity contribution in [2.75, 3.05) is 0 Å². The minimum atomic E-state index is 0.274. The van der Waals surface area contributed by atoms with Crippen LogP contribution in [0.1, 0.15) is 11.3 Å². The summed E-state index contributed by atoms with van der Waals surface area (Å²) in [6.45, 7) is 1.84. The fourth-order valence-corrected chi connectivity index (χ4v) is 1.12. The van der Waals surface area contributed by atoms with Gasteiger partial charge in [-0.25, -0.2) is 4.98 Å². The molecule has 1 atom stereocenters. The number of hydrogen-bond acceptors (Lipinski definition) is 2. The van der Waals surface area contributed by atoms with E-state index in [1.54, 1.807) is 6.07 Å². The monoisotopic (exact) mass is 184 g/mol. The molecule has 11 heavy (non-hydrogen) atoms. The van der Waals surface area contributed by atoms with Crippen molar-refractivity contribution in [1.82, 2.24) is 4.98 Å². The molecule has 0 N–H and O–H groups in total. The first-order chi connectivity index (χ1) is 5.15. The Balaban J connectivity index is 3.35. The van der Waals surface area contributed by atoms with Crippen LogP contribution in [-0.2, 0) is 0 Å². The zero-order valence-electron chi connectivity index (χ0n) is 5.93. The van der Waals surface area contributed by atoms with Crippen LogP contribution in [0.5, 0.6) is 0 Å². The van der Waals surface area contributed by atoms with E-state index in [2.05, 4.69) is 14.2 Å². The van der Waals surface area contributed by atoms with E-state index in [4.69, 9.17) is 16.9 Å². The van der Waals surface area contributed by atoms with Crippen LogP contribution in [0.25, 0.3) is 0 Å². The van der Waals surface area contributed by atoms with Gasteiger partial charge in [-0.15, -0.1) is 9.24 Å². The van der Waals surface area contributed by atoms with Crippen molar-refractivity contribution in [1.29, 1.82) is 5.26 Å². The molecule has 1 aromatic heterocycles. The van der Waals surface area contributed by atoms with E-state index in [0.717, 1.165) is 11.0 Å². The van der Waals surface area contributed by atoms with Gasteiger partial charge in [-0.2, -0.15) is 5.26 Å². The Hall–Kier alpha value is -0.640. The largest absolute Gasteiger partial charge is 0.239 e. The number of pyridine rings is 1. The molecule has 0 aromatic carbocycles. The highest BCUT2D eigenvalue weighted by Gasteiger charge is 2.02. The van der Waals surface area contributed by atoms with Crippen molar-refractivity contribution in [2.24, 2.45) is 0 Å². The first kappa shape index (κ1) is 8.46. The van der Waals surface area contributed by atoms with Crippen molar-refractivity contribution < 1.29 is 0 Å². The summed E-state index contributed by atoms with van der Waals surface area (Å²) in [5, 5.41) is 9.73. The van der Waals surface area contributed by atoms with Crippen LogP contribution in [-0.4, -0.2) is 4.98 Å². The van der Waals surface area contributed by atoms with E-state index in [1.807, 2.05) is 13.0 Å². The van der Waals surface area contributed by atoms with E-state index >= 15 is 0 Å². The molecule has 1 aromatic rings. The first-order valence-corrected chi connectivity index (χ1v) is 3.93. The maximum atomic E-state index is 8.55. The molecule has 0 spiro atoms. The van der Waals surface area contributed by atoms with Crippen LogP contribution in [0, 0.1) is 18.3 Å². The van der Waals surface area contributed by atoms with Gasteiger partial charge in [0.25, 0.3) is 0 Å². The number of aromatic nitrogens is 1. The van der Waals surface area contributed by atoms with Crippen molar-refractivity contribution in [3.8, 4) is 6.07 Å². The number of aryl methyl sites for hydroxylation is 1. The third kappa shape index (κ3) is 1.68. The van der Waals surface area contributed by atoms with Gasteiger partial charge in [0.15, 0.2) is 0 Å². The number of nitrogens with zero attached hydrogens (tertiary/aromatic N) is 2. The molecule has 1 unspecified atom stereocenters. The highest BCUT2D eigenvalue weighted by atomic mass is 35.5. The Morgan fingerprint density at radius 1 is 1.73 bits per heavy atom. The van der Waals surface area contributed by atoms with Gasteiger partial charge in [0.1, 0.15) is 11.2 Å². The fourth-order valence-electron chi connectivity index (χ4n) is 0.670. The zero-order chi connectivity index (χ0) is 8.43. The van der Waals surface area contributed by atoms with Crippen molar-refractivity contribution >= 4 is 26.1 Å². The molecular weight excluding hydrogens is 179 g/mol. The summed E-state index contributed by atoms with van der Waals surface area (Å²) in [7, 11) is 2.50. The molecule has 0 aliphatic rings. The van der Waals surface area contributed by atoms with Crippen molar-refractivity contribution in [3.63, 3.8) is 0 Å². The van der Waals surface area contributed by atoms with Crippen LogP contribution >= 0.6 is 20.8 Å². The molecule has 4 heteroatoms. The predicted molar refractivity (Wildman–Crippen MR) is 48.0 cm³/mol. The molecule has 0 aliphatic carbocycles. The van der Waals surface area contributed by atoms with Crippen molar-refractivity contribution in [2.45, 2.75) is 6.92 Å². The summed E-state index contributed by atoms with van der Waals surface area (Å²) in [6, 6.07) is 3.66. The zero-order valence-corrected chi connectivity index (χ0v) is 7.84. The van der Waals surface area contributed by atoms with E-state index in [-0.39, 0.29) is 5.15 Å². The quantitative estimate of drug-likeness (QED) is 0.452. The molecule has 0 amide bonds. The van der Waals surface area contributed by atoms with Gasteiger partial charge in [-0.3, -0.25) is 0 Å². The second-order valence-electron chi connectivity index (χ2n) is 2.11. The summed E-state index contributed by atoms with van der Waals surface area (Å²) >= 11 is 5.66. The molecule has 0 bridgehead atoms. The summed E-state index contributed by atoms with van der Waals surface area (Å²) in [6.07, 6.45) is 0. The summed E-state index contributed by atoms with van der Waals surface area (Å²) in [5.41, 5.74) is 1.25. The van der Waals surface area contributed by atoms with Gasteiger partial charge in [0, 0.05) is 5.69 Å². The Morgan fingerprint density at radius 3 is 2.91 bits per heavy atom. The minimum absolute atomic E-state index is 0.274. The van der Waals surface area contributed by atoms with Crippen LogP contribution in [0.4, 0.5) is 0 Å². The molecule has 0 aliphatic heterocycles. The Morgan fingerprint density at radius 2 is 2.36 bits per heavy atom. The molecule has 1 heterocycles. The van der Waals surface area contributed by atoms with Crippen LogP contribution < -0.4 is 5.30 Å². The molecular formula is C7H6ClN2P. The second-order valence-corrected chi connectivity index (χ2v) is 3.09. The van der Waals surface area contributed by atoms with Gasteiger partial charge in [0.05, 0.1) is 5.56 Å². The lowest BCUT2D eigenvalue weighted by Crippen LogP contribution is -2.01. The standard InChI is InChI=1S/C7H6ClN2P/c1-4-6(11)2-5(3-9)7(8)10-4/h2H,11H2,1H3. The van der Waals surface area contributed by atoms with E-state index in [0.29, 0.717) is 5.56 Å². The highest BCUT2D eigenvalue weighted by molar-refractivity contribution is 7.27. The average molecular weight is 185 g/mol. The molecule has 0 radical (unpaired) electrons. The SMILES string of the molecule is Cc1nc(Cl)c(C#N)cc1P. The van der Waals surface area contributed by atoms with Gasteiger partial charge >= 0.3 is 0 Å². The van der Waals surface area contributed by atoms with Gasteiger partial charge < -0.3 is 0 Å². The summed E-state index contributed by atoms with van der Waals surface area (Å²) in [5.74, 6) is 0. The van der Waals surface area contributed by atoms with Crippen LogP contribution in [0.15, 0.2) is 6.07 Å². The van der Waals surface area contributed by atoms with Gasteiger partial charge in [0.2, 0.25) is 0 Å². The maximum absolute atomic E-state index is 8.55. The minimum Gasteiger partial charge on any atom is -0.239 e. The topological polar surface area (TPSA) is 36.7 Å². The lowest BCUT2D eigenvalue weighted by molar-refractivity contribution is 1.21. The normalized spacial score (nSPS) is 9.27. The molecule has 1 rings (SSSR count). The third-order valence-electron chi connectivity index (χ3n) is 1.33. The molecule has 0 fully saturated rings. The fraction of sp³-hybridized carbons (Fsp3) is 0.143. The Bertz CT molecular complexity index is 330. The van der Waals surface area contributed by atoms with Crippen LogP contribution in [0.3, 0.4) is 0 Å². The number of rotatable bonds is 0. The highest BCUT2D eigenvalue weighted by Crippen LogP contribution is 2.11. The van der Waals surface area contributed by atoms with E-state index in [9.17, 15) is 0 Å². The first-order valence-electron chi connectivity index (χ1n) is 2.98. The Kier molecular flexibility index (Phi) is 2.44. The maximum Gasteiger partial charge on any atom is 0.147 e. The lowest BCUT2D eigenvalue weighted by atomic mass is 10.3. The summed E-state index contributed by atoms with van der Waals surface area (Å²) in [4.78, 5) is 3.97. The second kappa shape index (κ2) is 3.17. The lowest BCUT2D eigenvalue weighted by Gasteiger charge is -1.99.